The van der Waals surface area contributed by atoms with Crippen LogP contribution < -0.4 is 5.32 Å². The molecule has 6 heteroatoms. The molecule has 0 bridgehead atoms. The number of rotatable bonds is 5. The van der Waals surface area contributed by atoms with Crippen molar-refractivity contribution in [3.8, 4) is 11.1 Å². The normalized spacial score (nSPS) is 13.6. The van der Waals surface area contributed by atoms with Crippen LogP contribution in [0.25, 0.3) is 11.1 Å². The van der Waals surface area contributed by atoms with Gasteiger partial charge in [-0.05, 0) is 48.1 Å². The van der Waals surface area contributed by atoms with Gasteiger partial charge in [-0.3, -0.25) is 19.9 Å². The number of nitrogens with zero attached hydrogens (tertiary/aromatic N) is 2. The number of benzene rings is 1. The van der Waals surface area contributed by atoms with Gasteiger partial charge in [-0.1, -0.05) is 0 Å². The largest absolute Gasteiger partial charge is 0.352 e. The van der Waals surface area contributed by atoms with E-state index in [0.717, 1.165) is 18.4 Å². The zero-order chi connectivity index (χ0) is 15.5. The summed E-state index contributed by atoms with van der Waals surface area (Å²) in [5.41, 5.74) is 1.71. The van der Waals surface area contributed by atoms with Gasteiger partial charge in [-0.15, -0.1) is 0 Å². The Morgan fingerprint density at radius 3 is 2.64 bits per heavy atom. The Kier molecular flexibility index (Phi) is 3.82. The molecule has 1 aliphatic carbocycles. The molecule has 1 amide bonds. The highest BCUT2D eigenvalue weighted by molar-refractivity contribution is 6.01. The maximum Gasteiger partial charge on any atom is 0.270 e. The maximum absolute atomic E-state index is 12.4. The Hall–Kier alpha value is -2.76. The molecule has 0 aliphatic heterocycles. The second-order valence-corrected chi connectivity index (χ2v) is 5.38. The Balaban J connectivity index is 1.97. The number of amides is 1. The standard InChI is InChI=1S/C16H15N3O3/c20-16(18-10-11-1-2-11)15-9-13(19(21)22)3-4-14(15)12-5-7-17-8-6-12/h3-9,11H,1-2,10H2,(H,18,20). The predicted molar refractivity (Wildman–Crippen MR) is 81.4 cm³/mol. The summed E-state index contributed by atoms with van der Waals surface area (Å²) in [4.78, 5) is 26.8. The van der Waals surface area contributed by atoms with Crippen LogP contribution >= 0.6 is 0 Å². The number of nitrogens with one attached hydrogen (secondary N) is 1. The van der Waals surface area contributed by atoms with Gasteiger partial charge < -0.3 is 5.32 Å². The van der Waals surface area contributed by atoms with Crippen molar-refractivity contribution in [1.29, 1.82) is 0 Å². The third-order valence-electron chi connectivity index (χ3n) is 3.70. The molecule has 1 fully saturated rings. The van der Waals surface area contributed by atoms with E-state index in [1.807, 2.05) is 0 Å². The lowest BCUT2D eigenvalue weighted by atomic mass is 9.99. The van der Waals surface area contributed by atoms with Crippen LogP contribution in [-0.2, 0) is 0 Å². The Labute approximate surface area is 127 Å². The number of pyridine rings is 1. The monoisotopic (exact) mass is 297 g/mol. The first-order valence-corrected chi connectivity index (χ1v) is 7.12. The van der Waals surface area contributed by atoms with Gasteiger partial charge >= 0.3 is 0 Å². The van der Waals surface area contributed by atoms with Crippen molar-refractivity contribution < 1.29 is 9.72 Å². The second-order valence-electron chi connectivity index (χ2n) is 5.38. The molecule has 22 heavy (non-hydrogen) atoms. The highest BCUT2D eigenvalue weighted by Gasteiger charge is 2.23. The molecule has 0 saturated heterocycles. The summed E-state index contributed by atoms with van der Waals surface area (Å²) in [6.45, 7) is 0.622. The number of carbonyl (C=O) groups excluding carboxylic acids is 1. The summed E-state index contributed by atoms with van der Waals surface area (Å²) in [7, 11) is 0. The number of nitro benzene ring substituents is 1. The van der Waals surface area contributed by atoms with E-state index in [4.69, 9.17) is 0 Å². The SMILES string of the molecule is O=C(NCC1CC1)c1cc([N+](=O)[O-])ccc1-c1ccncc1. The minimum absolute atomic E-state index is 0.0885. The first kappa shape index (κ1) is 14.2. The van der Waals surface area contributed by atoms with E-state index in [2.05, 4.69) is 10.3 Å². The van der Waals surface area contributed by atoms with Gasteiger partial charge in [0.1, 0.15) is 0 Å². The molecule has 0 unspecified atom stereocenters. The molecule has 112 valence electrons. The van der Waals surface area contributed by atoms with Crippen molar-refractivity contribution in [2.75, 3.05) is 6.54 Å². The number of hydrogen-bond donors (Lipinski definition) is 1. The third-order valence-corrected chi connectivity index (χ3v) is 3.70. The zero-order valence-electron chi connectivity index (χ0n) is 11.9. The van der Waals surface area contributed by atoms with Crippen molar-refractivity contribution in [3.05, 3.63) is 58.4 Å². The van der Waals surface area contributed by atoms with Crippen LogP contribution in [0.2, 0.25) is 0 Å². The van der Waals surface area contributed by atoms with E-state index in [9.17, 15) is 14.9 Å². The topological polar surface area (TPSA) is 85.1 Å². The number of nitro groups is 1. The van der Waals surface area contributed by atoms with Gasteiger partial charge in [0.15, 0.2) is 0 Å². The molecular formula is C16H15N3O3. The number of non-ortho nitro benzene ring substituents is 1. The first-order valence-electron chi connectivity index (χ1n) is 7.12. The van der Waals surface area contributed by atoms with E-state index in [-0.39, 0.29) is 11.6 Å². The Bertz CT molecular complexity index is 712. The van der Waals surface area contributed by atoms with Crippen LogP contribution in [0.4, 0.5) is 5.69 Å². The molecule has 1 aromatic carbocycles. The number of carbonyl (C=O) groups is 1. The van der Waals surface area contributed by atoms with Crippen LogP contribution in [0.5, 0.6) is 0 Å². The van der Waals surface area contributed by atoms with E-state index < -0.39 is 4.92 Å². The summed E-state index contributed by atoms with van der Waals surface area (Å²) in [6, 6.07) is 7.91. The van der Waals surface area contributed by atoms with Crippen molar-refractivity contribution in [3.63, 3.8) is 0 Å². The van der Waals surface area contributed by atoms with Gasteiger partial charge in [0.2, 0.25) is 0 Å². The number of hydrogen-bond acceptors (Lipinski definition) is 4. The Morgan fingerprint density at radius 2 is 2.00 bits per heavy atom. The molecule has 1 heterocycles. The van der Waals surface area contributed by atoms with Crippen LogP contribution in [-0.4, -0.2) is 22.4 Å². The van der Waals surface area contributed by atoms with Crippen LogP contribution in [0.15, 0.2) is 42.7 Å². The summed E-state index contributed by atoms with van der Waals surface area (Å²) in [6.07, 6.45) is 5.52. The van der Waals surface area contributed by atoms with Crippen molar-refractivity contribution in [2.24, 2.45) is 5.92 Å². The maximum atomic E-state index is 12.4. The minimum atomic E-state index is -0.492. The fourth-order valence-corrected chi connectivity index (χ4v) is 2.27. The van der Waals surface area contributed by atoms with Crippen LogP contribution in [0, 0.1) is 16.0 Å². The molecule has 6 nitrogen and oxygen atoms in total. The van der Waals surface area contributed by atoms with E-state index in [0.29, 0.717) is 23.6 Å². The van der Waals surface area contributed by atoms with Crippen LogP contribution in [0.3, 0.4) is 0 Å². The van der Waals surface area contributed by atoms with E-state index in [1.54, 1.807) is 30.6 Å². The number of aromatic nitrogens is 1. The summed E-state index contributed by atoms with van der Waals surface area (Å²) in [5, 5.41) is 13.8. The van der Waals surface area contributed by atoms with E-state index >= 15 is 0 Å². The molecule has 1 N–H and O–H groups in total. The lowest BCUT2D eigenvalue weighted by Crippen LogP contribution is -2.26. The molecule has 1 saturated carbocycles. The summed E-state index contributed by atoms with van der Waals surface area (Å²) < 4.78 is 0. The lowest BCUT2D eigenvalue weighted by Gasteiger charge is -2.10. The van der Waals surface area contributed by atoms with Crippen molar-refractivity contribution in [1.82, 2.24) is 10.3 Å². The summed E-state index contributed by atoms with van der Waals surface area (Å²) >= 11 is 0. The first-order chi connectivity index (χ1) is 10.6. The third kappa shape index (κ3) is 3.11. The average molecular weight is 297 g/mol. The second kappa shape index (κ2) is 5.93. The van der Waals surface area contributed by atoms with Gasteiger partial charge in [0.05, 0.1) is 10.5 Å². The van der Waals surface area contributed by atoms with Gasteiger partial charge in [0, 0.05) is 31.1 Å². The van der Waals surface area contributed by atoms with Crippen LogP contribution in [0.1, 0.15) is 23.2 Å². The summed E-state index contributed by atoms with van der Waals surface area (Å²) in [5.74, 6) is 0.273. The molecule has 0 atom stereocenters. The fourth-order valence-electron chi connectivity index (χ4n) is 2.27. The highest BCUT2D eigenvalue weighted by atomic mass is 16.6. The average Bonchev–Trinajstić information content (AvgIpc) is 3.37. The van der Waals surface area contributed by atoms with Gasteiger partial charge in [0.25, 0.3) is 11.6 Å². The van der Waals surface area contributed by atoms with Gasteiger partial charge in [-0.2, -0.15) is 0 Å². The van der Waals surface area contributed by atoms with E-state index in [1.165, 1.54) is 12.1 Å². The Morgan fingerprint density at radius 1 is 1.27 bits per heavy atom. The van der Waals surface area contributed by atoms with Crippen molar-refractivity contribution in [2.45, 2.75) is 12.8 Å². The molecule has 2 aromatic rings. The molecule has 1 aromatic heterocycles. The zero-order valence-corrected chi connectivity index (χ0v) is 11.9. The predicted octanol–water partition coefficient (Wildman–Crippen LogP) is 2.80. The molecular weight excluding hydrogens is 282 g/mol. The smallest absolute Gasteiger partial charge is 0.270 e. The van der Waals surface area contributed by atoms with Crippen molar-refractivity contribution >= 4 is 11.6 Å². The lowest BCUT2D eigenvalue weighted by molar-refractivity contribution is -0.384. The van der Waals surface area contributed by atoms with Gasteiger partial charge in [-0.25, -0.2) is 0 Å². The molecule has 3 rings (SSSR count). The quantitative estimate of drug-likeness (QED) is 0.679. The molecule has 0 radical (unpaired) electrons. The minimum Gasteiger partial charge on any atom is -0.352 e. The fraction of sp³-hybridized carbons (Fsp3) is 0.250. The highest BCUT2D eigenvalue weighted by Crippen LogP contribution is 2.29. The molecule has 1 aliphatic rings. The molecule has 0 spiro atoms.